The Bertz CT molecular complexity index is 472. The number of hydrogen-bond donors (Lipinski definition) is 2. The van der Waals surface area contributed by atoms with Crippen molar-refractivity contribution in [1.82, 2.24) is 4.90 Å². The highest BCUT2D eigenvalue weighted by atomic mass is 16.5. The molecule has 0 aliphatic carbocycles. The average molecular weight is 267 g/mol. The quantitative estimate of drug-likeness (QED) is 0.616. The fraction of sp³-hybridized carbons (Fsp3) is 0.385. The Hall–Kier alpha value is -2.24. The molecule has 0 aliphatic heterocycles. The summed E-state index contributed by atoms with van der Waals surface area (Å²) < 4.78 is 4.75. The lowest BCUT2D eigenvalue weighted by molar-refractivity contribution is -0.143. The van der Waals surface area contributed by atoms with Crippen molar-refractivity contribution in [2.75, 3.05) is 20.2 Å². The van der Waals surface area contributed by atoms with E-state index >= 15 is 0 Å². The number of phenolic OH excluding ortho intramolecular Hbond substituents is 2. The summed E-state index contributed by atoms with van der Waals surface area (Å²) in [7, 11) is 1.51. The molecule has 0 aromatic heterocycles. The zero-order valence-electron chi connectivity index (χ0n) is 10.9. The molecule has 0 bridgehead atoms. The van der Waals surface area contributed by atoms with Gasteiger partial charge in [0.15, 0.2) is 0 Å². The van der Waals surface area contributed by atoms with Gasteiger partial charge in [-0.1, -0.05) is 0 Å². The van der Waals surface area contributed by atoms with Crippen LogP contribution in [0, 0.1) is 0 Å². The van der Waals surface area contributed by atoms with Crippen molar-refractivity contribution in [2.45, 2.75) is 13.3 Å². The number of carbonyl (C=O) groups excluding carboxylic acids is 2. The van der Waals surface area contributed by atoms with Crippen molar-refractivity contribution in [3.05, 3.63) is 23.8 Å². The molecule has 1 rings (SSSR count). The second-order valence-electron chi connectivity index (χ2n) is 3.98. The monoisotopic (exact) mass is 267 g/mol. The lowest BCUT2D eigenvalue weighted by Crippen LogP contribution is -2.29. The van der Waals surface area contributed by atoms with Crippen LogP contribution in [0.1, 0.15) is 23.7 Å². The second-order valence-corrected chi connectivity index (χ2v) is 3.98. The van der Waals surface area contributed by atoms with E-state index in [1.54, 1.807) is 6.92 Å². The molecule has 6 heteroatoms. The summed E-state index contributed by atoms with van der Waals surface area (Å²) in [6, 6.07) is 3.70. The Morgan fingerprint density at radius 3 is 2.63 bits per heavy atom. The fourth-order valence-corrected chi connectivity index (χ4v) is 1.49. The molecule has 0 spiro atoms. The van der Waals surface area contributed by atoms with E-state index in [1.165, 1.54) is 30.1 Å². The first-order valence-electron chi connectivity index (χ1n) is 5.88. The minimum Gasteiger partial charge on any atom is -0.508 e. The van der Waals surface area contributed by atoms with Gasteiger partial charge < -0.3 is 19.8 Å². The number of esters is 1. The summed E-state index contributed by atoms with van der Waals surface area (Å²) in [6.07, 6.45) is 0.0790. The lowest BCUT2D eigenvalue weighted by atomic mass is 10.1. The van der Waals surface area contributed by atoms with Crippen LogP contribution in [0.4, 0.5) is 0 Å². The Balaban J connectivity index is 2.66. The van der Waals surface area contributed by atoms with Gasteiger partial charge in [0, 0.05) is 13.6 Å². The Labute approximate surface area is 111 Å². The van der Waals surface area contributed by atoms with E-state index in [0.717, 1.165) is 0 Å². The summed E-state index contributed by atoms with van der Waals surface area (Å²) in [5.41, 5.74) is -0.00800. The number of amides is 1. The van der Waals surface area contributed by atoms with E-state index in [0.29, 0.717) is 6.61 Å². The van der Waals surface area contributed by atoms with Gasteiger partial charge in [-0.3, -0.25) is 9.59 Å². The van der Waals surface area contributed by atoms with Crippen molar-refractivity contribution >= 4 is 11.9 Å². The first-order chi connectivity index (χ1) is 8.95. The first kappa shape index (κ1) is 14.8. The topological polar surface area (TPSA) is 87.1 Å². The van der Waals surface area contributed by atoms with Crippen molar-refractivity contribution in [1.29, 1.82) is 0 Å². The molecule has 104 valence electrons. The normalized spacial score (nSPS) is 10.0. The van der Waals surface area contributed by atoms with Crippen LogP contribution in [-0.4, -0.2) is 47.2 Å². The number of nitrogens with zero attached hydrogens (tertiary/aromatic N) is 1. The maximum absolute atomic E-state index is 12.0. The molecule has 0 saturated carbocycles. The van der Waals surface area contributed by atoms with Crippen LogP contribution in [0.3, 0.4) is 0 Å². The molecule has 1 aromatic carbocycles. The molecule has 0 atom stereocenters. The summed E-state index contributed by atoms with van der Waals surface area (Å²) in [4.78, 5) is 24.5. The predicted molar refractivity (Wildman–Crippen MR) is 68.0 cm³/mol. The van der Waals surface area contributed by atoms with Gasteiger partial charge in [0.25, 0.3) is 5.91 Å². The van der Waals surface area contributed by atoms with E-state index in [1.807, 2.05) is 0 Å². The van der Waals surface area contributed by atoms with Crippen LogP contribution in [0.2, 0.25) is 0 Å². The van der Waals surface area contributed by atoms with Crippen molar-refractivity contribution in [3.8, 4) is 11.5 Å². The molecular weight excluding hydrogens is 250 g/mol. The number of aromatic hydroxyl groups is 2. The maximum Gasteiger partial charge on any atom is 0.307 e. The SMILES string of the molecule is CCOC(=O)CCN(C)C(=O)c1cc(O)ccc1O. The Kier molecular flexibility index (Phi) is 5.17. The molecule has 0 radical (unpaired) electrons. The van der Waals surface area contributed by atoms with E-state index in [2.05, 4.69) is 0 Å². The molecule has 1 amide bonds. The van der Waals surface area contributed by atoms with Gasteiger partial charge in [-0.15, -0.1) is 0 Å². The molecule has 19 heavy (non-hydrogen) atoms. The summed E-state index contributed by atoms with van der Waals surface area (Å²) in [5, 5.41) is 18.9. The minimum atomic E-state index is -0.474. The third kappa shape index (κ3) is 4.17. The predicted octanol–water partition coefficient (Wildman–Crippen LogP) is 1.12. The molecule has 2 N–H and O–H groups in total. The largest absolute Gasteiger partial charge is 0.508 e. The average Bonchev–Trinajstić information content (AvgIpc) is 2.38. The zero-order valence-corrected chi connectivity index (χ0v) is 10.9. The van der Waals surface area contributed by atoms with Crippen LogP contribution in [-0.2, 0) is 9.53 Å². The maximum atomic E-state index is 12.0. The molecule has 6 nitrogen and oxygen atoms in total. The first-order valence-corrected chi connectivity index (χ1v) is 5.88. The van der Waals surface area contributed by atoms with Crippen LogP contribution in [0.5, 0.6) is 11.5 Å². The zero-order chi connectivity index (χ0) is 14.4. The molecule has 1 aromatic rings. The molecular formula is C13H17NO5. The van der Waals surface area contributed by atoms with Gasteiger partial charge in [-0.05, 0) is 25.1 Å². The molecule has 0 heterocycles. The minimum absolute atomic E-state index is 0.00800. The summed E-state index contributed by atoms with van der Waals surface area (Å²) >= 11 is 0. The van der Waals surface area contributed by atoms with Crippen molar-refractivity contribution < 1.29 is 24.5 Å². The fourth-order valence-electron chi connectivity index (χ4n) is 1.49. The number of ether oxygens (including phenoxy) is 1. The molecule has 0 fully saturated rings. The van der Waals surface area contributed by atoms with E-state index in [-0.39, 0.29) is 36.0 Å². The highest BCUT2D eigenvalue weighted by Gasteiger charge is 2.17. The van der Waals surface area contributed by atoms with E-state index in [9.17, 15) is 19.8 Å². The standard InChI is InChI=1S/C13H17NO5/c1-3-19-12(17)6-7-14(2)13(18)10-8-9(15)4-5-11(10)16/h4-5,8,15-16H,3,6-7H2,1-2H3. The Morgan fingerprint density at radius 2 is 2.00 bits per heavy atom. The van der Waals surface area contributed by atoms with Gasteiger partial charge in [0.05, 0.1) is 18.6 Å². The Morgan fingerprint density at radius 1 is 1.32 bits per heavy atom. The number of phenols is 2. The van der Waals surface area contributed by atoms with Crippen molar-refractivity contribution in [2.24, 2.45) is 0 Å². The number of carbonyl (C=O) groups is 2. The van der Waals surface area contributed by atoms with Crippen LogP contribution < -0.4 is 0 Å². The van der Waals surface area contributed by atoms with Gasteiger partial charge in [0.2, 0.25) is 0 Å². The van der Waals surface area contributed by atoms with Crippen LogP contribution >= 0.6 is 0 Å². The highest BCUT2D eigenvalue weighted by Crippen LogP contribution is 2.23. The van der Waals surface area contributed by atoms with Gasteiger partial charge in [-0.2, -0.15) is 0 Å². The van der Waals surface area contributed by atoms with E-state index in [4.69, 9.17) is 4.74 Å². The lowest BCUT2D eigenvalue weighted by Gasteiger charge is -2.17. The van der Waals surface area contributed by atoms with Gasteiger partial charge in [-0.25, -0.2) is 0 Å². The molecule has 0 aliphatic rings. The second kappa shape index (κ2) is 6.63. The third-order valence-electron chi connectivity index (χ3n) is 2.51. The van der Waals surface area contributed by atoms with Gasteiger partial charge >= 0.3 is 5.97 Å². The van der Waals surface area contributed by atoms with Crippen molar-refractivity contribution in [3.63, 3.8) is 0 Å². The molecule has 0 saturated heterocycles. The van der Waals surface area contributed by atoms with E-state index < -0.39 is 5.91 Å². The number of hydrogen-bond acceptors (Lipinski definition) is 5. The number of rotatable bonds is 5. The summed E-state index contributed by atoms with van der Waals surface area (Å²) in [5.74, 6) is -1.19. The van der Waals surface area contributed by atoms with Crippen LogP contribution in [0.25, 0.3) is 0 Å². The number of benzene rings is 1. The van der Waals surface area contributed by atoms with Crippen LogP contribution in [0.15, 0.2) is 18.2 Å². The third-order valence-corrected chi connectivity index (χ3v) is 2.51. The smallest absolute Gasteiger partial charge is 0.307 e. The highest BCUT2D eigenvalue weighted by molar-refractivity contribution is 5.97. The molecule has 0 unspecified atom stereocenters. The summed E-state index contributed by atoms with van der Waals surface area (Å²) in [6.45, 7) is 2.17. The van der Waals surface area contributed by atoms with Gasteiger partial charge in [0.1, 0.15) is 11.5 Å².